The molecule has 1 aromatic rings. The summed E-state index contributed by atoms with van der Waals surface area (Å²) in [6.45, 7) is 0.228. The van der Waals surface area contributed by atoms with Crippen LogP contribution in [0.2, 0.25) is 0 Å². The third-order valence-corrected chi connectivity index (χ3v) is 1.87. The van der Waals surface area contributed by atoms with Gasteiger partial charge in [-0.3, -0.25) is 0 Å². The Morgan fingerprint density at radius 1 is 1.64 bits per heavy atom. The van der Waals surface area contributed by atoms with E-state index in [0.717, 1.165) is 0 Å². The fraction of sp³-hybridized carbons (Fsp3) is 0.300. The molecule has 74 valence electrons. The number of nitriles is 1. The van der Waals surface area contributed by atoms with Crippen LogP contribution >= 0.6 is 0 Å². The predicted octanol–water partition coefficient (Wildman–Crippen LogP) is 1.34. The van der Waals surface area contributed by atoms with Crippen LogP contribution < -0.4 is 5.73 Å². The molecule has 3 nitrogen and oxygen atoms in total. The molecule has 0 heterocycles. The monoisotopic (exact) mass is 194 g/mol. The minimum Gasteiger partial charge on any atom is -0.383 e. The van der Waals surface area contributed by atoms with Gasteiger partial charge < -0.3 is 10.5 Å². The van der Waals surface area contributed by atoms with Crippen molar-refractivity contribution >= 4 is 0 Å². The van der Waals surface area contributed by atoms with Crippen molar-refractivity contribution in [3.63, 3.8) is 0 Å². The van der Waals surface area contributed by atoms with Gasteiger partial charge >= 0.3 is 0 Å². The number of nitrogens with two attached hydrogens (primary N) is 1. The number of methoxy groups -OCH3 is 1. The summed E-state index contributed by atoms with van der Waals surface area (Å²) < 4.78 is 18.0. The van der Waals surface area contributed by atoms with Crippen molar-refractivity contribution < 1.29 is 9.13 Å². The van der Waals surface area contributed by atoms with E-state index in [1.807, 2.05) is 6.07 Å². The van der Waals surface area contributed by atoms with Crippen LogP contribution in [0.15, 0.2) is 18.2 Å². The lowest BCUT2D eigenvalue weighted by Gasteiger charge is -2.11. The van der Waals surface area contributed by atoms with Crippen LogP contribution in [0.1, 0.15) is 17.2 Å². The van der Waals surface area contributed by atoms with Crippen LogP contribution in [0.25, 0.3) is 0 Å². The van der Waals surface area contributed by atoms with E-state index in [1.165, 1.54) is 25.3 Å². The second kappa shape index (κ2) is 4.70. The minimum atomic E-state index is -0.534. The van der Waals surface area contributed by atoms with Gasteiger partial charge in [0, 0.05) is 12.7 Å². The van der Waals surface area contributed by atoms with Crippen molar-refractivity contribution in [1.29, 1.82) is 5.26 Å². The molecule has 0 bridgehead atoms. The zero-order chi connectivity index (χ0) is 10.6. The first kappa shape index (κ1) is 10.6. The number of rotatable bonds is 3. The van der Waals surface area contributed by atoms with Crippen LogP contribution in [0, 0.1) is 17.1 Å². The highest BCUT2D eigenvalue weighted by atomic mass is 19.1. The van der Waals surface area contributed by atoms with E-state index < -0.39 is 11.9 Å². The van der Waals surface area contributed by atoms with Crippen LogP contribution in [0.5, 0.6) is 0 Å². The third-order valence-electron chi connectivity index (χ3n) is 1.87. The van der Waals surface area contributed by atoms with E-state index in [1.54, 1.807) is 0 Å². The smallest absolute Gasteiger partial charge is 0.128 e. The lowest BCUT2D eigenvalue weighted by Crippen LogP contribution is -2.17. The van der Waals surface area contributed by atoms with E-state index in [2.05, 4.69) is 0 Å². The summed E-state index contributed by atoms with van der Waals surface area (Å²) in [5.74, 6) is -0.409. The molecule has 0 saturated carbocycles. The van der Waals surface area contributed by atoms with Gasteiger partial charge in [-0.25, -0.2) is 4.39 Å². The highest BCUT2D eigenvalue weighted by Gasteiger charge is 2.11. The molecule has 4 heteroatoms. The van der Waals surface area contributed by atoms with Gasteiger partial charge in [0.05, 0.1) is 24.3 Å². The quantitative estimate of drug-likeness (QED) is 0.789. The van der Waals surface area contributed by atoms with E-state index in [-0.39, 0.29) is 6.61 Å². The maximum atomic E-state index is 13.2. The van der Waals surface area contributed by atoms with Gasteiger partial charge in [0.25, 0.3) is 0 Å². The van der Waals surface area contributed by atoms with Crippen molar-refractivity contribution in [3.05, 3.63) is 35.1 Å². The number of nitrogens with zero attached hydrogens (tertiary/aromatic N) is 1. The van der Waals surface area contributed by atoms with Gasteiger partial charge in [0.1, 0.15) is 5.82 Å². The Hall–Kier alpha value is -1.44. The molecule has 0 amide bonds. The number of benzene rings is 1. The van der Waals surface area contributed by atoms with Crippen LogP contribution in [0.4, 0.5) is 4.39 Å². The molecule has 14 heavy (non-hydrogen) atoms. The number of hydrogen-bond acceptors (Lipinski definition) is 3. The van der Waals surface area contributed by atoms with Gasteiger partial charge in [-0.1, -0.05) is 0 Å². The number of ether oxygens (including phenoxy) is 1. The molecule has 0 spiro atoms. The number of hydrogen-bond donors (Lipinski definition) is 1. The molecule has 1 aromatic carbocycles. The largest absolute Gasteiger partial charge is 0.383 e. The Bertz CT molecular complexity index is 360. The average Bonchev–Trinajstić information content (AvgIpc) is 2.19. The van der Waals surface area contributed by atoms with E-state index in [0.29, 0.717) is 11.1 Å². The summed E-state index contributed by atoms with van der Waals surface area (Å²) in [7, 11) is 1.49. The summed E-state index contributed by atoms with van der Waals surface area (Å²) in [5, 5.41) is 8.62. The molecule has 0 aliphatic heterocycles. The van der Waals surface area contributed by atoms with E-state index in [4.69, 9.17) is 15.7 Å². The maximum absolute atomic E-state index is 13.2. The summed E-state index contributed by atoms with van der Waals surface area (Å²) in [6.07, 6.45) is 0. The maximum Gasteiger partial charge on any atom is 0.128 e. The lowest BCUT2D eigenvalue weighted by atomic mass is 10.0. The van der Waals surface area contributed by atoms with Crippen LogP contribution in [0.3, 0.4) is 0 Å². The Labute approximate surface area is 81.9 Å². The van der Waals surface area contributed by atoms with Crippen LogP contribution in [-0.4, -0.2) is 13.7 Å². The van der Waals surface area contributed by atoms with Crippen molar-refractivity contribution in [1.82, 2.24) is 0 Å². The highest BCUT2D eigenvalue weighted by molar-refractivity contribution is 5.35. The van der Waals surface area contributed by atoms with Gasteiger partial charge in [-0.05, 0) is 18.2 Å². The predicted molar refractivity (Wildman–Crippen MR) is 49.9 cm³/mol. The SMILES string of the molecule is COC[C@H](N)c1cc(C#N)ccc1F. The molecule has 0 saturated heterocycles. The first-order chi connectivity index (χ1) is 6.69. The average molecular weight is 194 g/mol. The van der Waals surface area contributed by atoms with Gasteiger partial charge in [-0.15, -0.1) is 0 Å². The molecular formula is C10H11FN2O. The standard InChI is InChI=1S/C10H11FN2O/c1-14-6-10(13)8-4-7(5-12)2-3-9(8)11/h2-4,10H,6,13H2,1H3/t10-/m0/s1. The summed E-state index contributed by atoms with van der Waals surface area (Å²) in [4.78, 5) is 0. The molecule has 0 aromatic heterocycles. The van der Waals surface area contributed by atoms with Crippen molar-refractivity contribution in [2.75, 3.05) is 13.7 Å². The number of halogens is 1. The fourth-order valence-electron chi connectivity index (χ4n) is 1.17. The Kier molecular flexibility index (Phi) is 3.57. The van der Waals surface area contributed by atoms with E-state index in [9.17, 15) is 4.39 Å². The zero-order valence-corrected chi connectivity index (χ0v) is 7.83. The molecule has 0 aliphatic rings. The van der Waals surface area contributed by atoms with Gasteiger partial charge in [0.15, 0.2) is 0 Å². The Balaban J connectivity index is 3.01. The molecule has 1 rings (SSSR count). The Morgan fingerprint density at radius 3 is 2.93 bits per heavy atom. The molecule has 1 atom stereocenters. The summed E-state index contributed by atoms with van der Waals surface area (Å²) >= 11 is 0. The zero-order valence-electron chi connectivity index (χ0n) is 7.83. The first-order valence-corrected chi connectivity index (χ1v) is 4.13. The second-order valence-electron chi connectivity index (χ2n) is 2.91. The summed E-state index contributed by atoms with van der Waals surface area (Å²) in [5.41, 5.74) is 6.36. The molecule has 0 aliphatic carbocycles. The Morgan fingerprint density at radius 2 is 2.36 bits per heavy atom. The van der Waals surface area contributed by atoms with Gasteiger partial charge in [-0.2, -0.15) is 5.26 Å². The second-order valence-corrected chi connectivity index (χ2v) is 2.91. The van der Waals surface area contributed by atoms with E-state index >= 15 is 0 Å². The topological polar surface area (TPSA) is 59.0 Å². The normalized spacial score (nSPS) is 12.1. The minimum absolute atomic E-state index is 0.228. The van der Waals surface area contributed by atoms with Crippen molar-refractivity contribution in [2.24, 2.45) is 5.73 Å². The first-order valence-electron chi connectivity index (χ1n) is 4.13. The highest BCUT2D eigenvalue weighted by Crippen LogP contribution is 2.16. The molecule has 2 N–H and O–H groups in total. The third kappa shape index (κ3) is 2.28. The lowest BCUT2D eigenvalue weighted by molar-refractivity contribution is 0.179. The van der Waals surface area contributed by atoms with Crippen molar-refractivity contribution in [3.8, 4) is 6.07 Å². The molecule has 0 unspecified atom stereocenters. The van der Waals surface area contributed by atoms with Crippen LogP contribution in [-0.2, 0) is 4.74 Å². The summed E-state index contributed by atoms with van der Waals surface area (Å²) in [6, 6.07) is 5.49. The molecular weight excluding hydrogens is 183 g/mol. The molecule has 0 radical (unpaired) electrons. The fourth-order valence-corrected chi connectivity index (χ4v) is 1.17. The molecule has 0 fully saturated rings. The van der Waals surface area contributed by atoms with Gasteiger partial charge in [0.2, 0.25) is 0 Å². The van der Waals surface area contributed by atoms with Crippen molar-refractivity contribution in [2.45, 2.75) is 6.04 Å².